The molecule has 0 spiro atoms. The summed E-state index contributed by atoms with van der Waals surface area (Å²) in [7, 11) is -4.20. The second-order valence-electron chi connectivity index (χ2n) is 7.11. The van der Waals surface area contributed by atoms with E-state index in [1.165, 1.54) is 38.5 Å². The summed E-state index contributed by atoms with van der Waals surface area (Å²) in [4.78, 5) is 0. The molecule has 0 fully saturated rings. The van der Waals surface area contributed by atoms with Gasteiger partial charge in [-0.2, -0.15) is 0 Å². The molecule has 2 atom stereocenters. The van der Waals surface area contributed by atoms with Gasteiger partial charge >= 0.3 is 51.4 Å². The number of aliphatic hydroxyl groups excluding tert-OH is 1. The molecule has 6 heteroatoms. The number of unbranched alkanes of at least 4 members (excludes halogenated alkanes) is 8. The van der Waals surface area contributed by atoms with Gasteiger partial charge in [-0.05, 0) is 32.1 Å². The maximum Gasteiger partial charge on any atom is 1.00 e. The van der Waals surface area contributed by atoms with Crippen LogP contribution in [0.5, 0.6) is 0 Å². The Morgan fingerprint density at radius 1 is 0.720 bits per heavy atom. The van der Waals surface area contributed by atoms with Gasteiger partial charge < -0.3 is 9.66 Å². The minimum Gasteiger partial charge on any atom is -0.748 e. The summed E-state index contributed by atoms with van der Waals surface area (Å²) in [5.74, 6) is 0. The molecule has 0 bridgehead atoms. The standard InChI is InChI=1S/C19H40O4S.K/c1-3-5-7-8-9-10-11-12-14-18(20)15-13-17-19(16-6-4-2)24(21,22)23;/h18-20H,3-17H2,1-2H3,(H,21,22,23);/q;+1/p-1. The van der Waals surface area contributed by atoms with Crippen molar-refractivity contribution in [1.82, 2.24) is 0 Å². The summed E-state index contributed by atoms with van der Waals surface area (Å²) < 4.78 is 33.7. The van der Waals surface area contributed by atoms with Gasteiger partial charge in [0.2, 0.25) is 0 Å². The van der Waals surface area contributed by atoms with E-state index in [9.17, 15) is 18.1 Å². The molecule has 0 saturated heterocycles. The van der Waals surface area contributed by atoms with Crippen molar-refractivity contribution in [3.8, 4) is 0 Å². The Bertz CT molecular complexity index is 374. The van der Waals surface area contributed by atoms with E-state index < -0.39 is 15.4 Å². The Kier molecular flexibility index (Phi) is 21.7. The third-order valence-electron chi connectivity index (χ3n) is 4.74. The van der Waals surface area contributed by atoms with Gasteiger partial charge in [0.15, 0.2) is 0 Å². The second kappa shape index (κ2) is 18.9. The second-order valence-corrected chi connectivity index (χ2v) is 8.76. The molecule has 0 saturated carbocycles. The average molecular weight is 403 g/mol. The van der Waals surface area contributed by atoms with Crippen molar-refractivity contribution in [3.63, 3.8) is 0 Å². The number of hydrogen-bond acceptors (Lipinski definition) is 4. The number of rotatable bonds is 17. The van der Waals surface area contributed by atoms with Crippen molar-refractivity contribution in [2.75, 3.05) is 0 Å². The number of hydrogen-bond donors (Lipinski definition) is 1. The van der Waals surface area contributed by atoms with E-state index in [1.54, 1.807) is 0 Å². The van der Waals surface area contributed by atoms with Crippen LogP contribution in [0.2, 0.25) is 0 Å². The molecular weight excluding hydrogens is 363 g/mol. The van der Waals surface area contributed by atoms with E-state index in [4.69, 9.17) is 0 Å². The van der Waals surface area contributed by atoms with Gasteiger partial charge in [0.05, 0.1) is 16.2 Å². The molecule has 0 heterocycles. The fourth-order valence-corrected chi connectivity index (χ4v) is 4.01. The molecule has 0 aliphatic heterocycles. The van der Waals surface area contributed by atoms with Crippen LogP contribution in [-0.4, -0.2) is 29.4 Å². The largest absolute Gasteiger partial charge is 1.00 e. The first-order valence-electron chi connectivity index (χ1n) is 10.0. The summed E-state index contributed by atoms with van der Waals surface area (Å²) >= 11 is 0. The zero-order chi connectivity index (χ0) is 18.3. The third-order valence-corrected chi connectivity index (χ3v) is 6.03. The van der Waals surface area contributed by atoms with Crippen molar-refractivity contribution in [2.45, 2.75) is 122 Å². The van der Waals surface area contributed by atoms with E-state index in [-0.39, 0.29) is 57.5 Å². The van der Waals surface area contributed by atoms with Crippen molar-refractivity contribution in [3.05, 3.63) is 0 Å². The number of aliphatic hydroxyl groups is 1. The quantitative estimate of drug-likeness (QED) is 0.230. The fraction of sp³-hybridized carbons (Fsp3) is 1.00. The zero-order valence-electron chi connectivity index (χ0n) is 16.8. The van der Waals surface area contributed by atoms with E-state index in [1.807, 2.05) is 6.92 Å². The van der Waals surface area contributed by atoms with E-state index in [0.717, 1.165) is 32.1 Å². The fourth-order valence-electron chi connectivity index (χ4n) is 3.10. The molecule has 0 radical (unpaired) electrons. The molecule has 0 aliphatic rings. The van der Waals surface area contributed by atoms with Crippen LogP contribution < -0.4 is 51.4 Å². The molecule has 2 unspecified atom stereocenters. The molecular formula is C19H39KO4S. The molecule has 4 nitrogen and oxygen atoms in total. The van der Waals surface area contributed by atoms with Gasteiger partial charge in [0.1, 0.15) is 0 Å². The van der Waals surface area contributed by atoms with Crippen LogP contribution in [0.15, 0.2) is 0 Å². The Hall–Kier alpha value is 1.51. The predicted octanol–water partition coefficient (Wildman–Crippen LogP) is 2.16. The maximum absolute atomic E-state index is 11.2. The SMILES string of the molecule is CCCCCCCCCCC(O)CCCC(CCCC)S(=O)(=O)[O-].[K+]. The summed E-state index contributed by atoms with van der Waals surface area (Å²) in [6, 6.07) is 0. The first kappa shape index (κ1) is 28.7. The molecule has 0 amide bonds. The van der Waals surface area contributed by atoms with Crippen LogP contribution >= 0.6 is 0 Å². The van der Waals surface area contributed by atoms with E-state index in [2.05, 4.69) is 6.92 Å². The van der Waals surface area contributed by atoms with E-state index in [0.29, 0.717) is 25.7 Å². The van der Waals surface area contributed by atoms with Crippen molar-refractivity contribution >= 4 is 10.1 Å². The van der Waals surface area contributed by atoms with Crippen molar-refractivity contribution in [2.24, 2.45) is 0 Å². The van der Waals surface area contributed by atoms with Crippen LogP contribution in [0.1, 0.15) is 110 Å². The predicted molar refractivity (Wildman–Crippen MR) is 100 cm³/mol. The first-order chi connectivity index (χ1) is 11.4. The maximum atomic E-state index is 11.2. The molecule has 1 N–H and O–H groups in total. The minimum absolute atomic E-state index is 0. The van der Waals surface area contributed by atoms with Gasteiger partial charge in [-0.25, -0.2) is 8.42 Å². The van der Waals surface area contributed by atoms with Crippen LogP contribution in [0.4, 0.5) is 0 Å². The Morgan fingerprint density at radius 2 is 1.16 bits per heavy atom. The molecule has 0 aromatic heterocycles. The van der Waals surface area contributed by atoms with Crippen molar-refractivity contribution < 1.29 is 69.5 Å². The monoisotopic (exact) mass is 402 g/mol. The minimum atomic E-state index is -4.20. The van der Waals surface area contributed by atoms with Crippen LogP contribution in [0, 0.1) is 0 Å². The third kappa shape index (κ3) is 18.6. The normalized spacial score (nSPS) is 14.1. The Labute approximate surface area is 199 Å². The molecule has 25 heavy (non-hydrogen) atoms. The molecule has 146 valence electrons. The van der Waals surface area contributed by atoms with Gasteiger partial charge in [0, 0.05) is 5.25 Å². The zero-order valence-corrected chi connectivity index (χ0v) is 20.8. The molecule has 0 aromatic carbocycles. The first-order valence-corrected chi connectivity index (χ1v) is 11.5. The summed E-state index contributed by atoms with van der Waals surface area (Å²) in [5, 5.41) is 9.22. The van der Waals surface area contributed by atoms with Gasteiger partial charge in [-0.15, -0.1) is 0 Å². The van der Waals surface area contributed by atoms with Crippen molar-refractivity contribution in [1.29, 1.82) is 0 Å². The topological polar surface area (TPSA) is 77.4 Å². The van der Waals surface area contributed by atoms with Crippen LogP contribution in [0.3, 0.4) is 0 Å². The smallest absolute Gasteiger partial charge is 0.748 e. The molecule has 0 rings (SSSR count). The summed E-state index contributed by atoms with van der Waals surface area (Å²) in [6.45, 7) is 4.21. The van der Waals surface area contributed by atoms with Gasteiger partial charge in [-0.1, -0.05) is 78.1 Å². The Morgan fingerprint density at radius 3 is 1.68 bits per heavy atom. The molecule has 0 aromatic rings. The summed E-state index contributed by atoms with van der Waals surface area (Å²) in [5.41, 5.74) is 0. The van der Waals surface area contributed by atoms with E-state index >= 15 is 0 Å². The summed E-state index contributed by atoms with van der Waals surface area (Å²) in [6.07, 6.45) is 14.2. The van der Waals surface area contributed by atoms with Crippen LogP contribution in [0.25, 0.3) is 0 Å². The van der Waals surface area contributed by atoms with Gasteiger partial charge in [0.25, 0.3) is 0 Å². The average Bonchev–Trinajstić information content (AvgIpc) is 2.52. The Balaban J connectivity index is 0. The van der Waals surface area contributed by atoms with Crippen LogP contribution in [-0.2, 0) is 10.1 Å². The molecule has 0 aliphatic carbocycles. The van der Waals surface area contributed by atoms with Gasteiger partial charge in [-0.3, -0.25) is 0 Å².